The minimum atomic E-state index is -1.41. The van der Waals surface area contributed by atoms with Gasteiger partial charge < -0.3 is 23.0 Å². The Morgan fingerprint density at radius 3 is 2.56 bits per heavy atom. The molecule has 0 unspecified atom stereocenters. The monoisotopic (exact) mass is 537 g/mol. The van der Waals surface area contributed by atoms with Gasteiger partial charge >= 0.3 is 5.97 Å². The zero-order valence-electron chi connectivity index (χ0n) is 22.7. The number of aromatic nitrogens is 2. The number of ether oxygens (including phenoxy) is 3. The Labute approximate surface area is 226 Å². The lowest BCUT2D eigenvalue weighted by atomic mass is 10.1. The molecule has 0 aliphatic heterocycles. The van der Waals surface area contributed by atoms with Gasteiger partial charge in [0.05, 0.1) is 32.2 Å². The van der Waals surface area contributed by atoms with Crippen LogP contribution >= 0.6 is 0 Å². The Morgan fingerprint density at radius 1 is 1.13 bits per heavy atom. The molecule has 0 N–H and O–H groups in total. The van der Waals surface area contributed by atoms with Crippen molar-refractivity contribution < 1.29 is 32.2 Å². The molecule has 0 aliphatic rings. The van der Waals surface area contributed by atoms with Crippen LogP contribution in [0.4, 0.5) is 4.39 Å². The van der Waals surface area contributed by atoms with Crippen molar-refractivity contribution in [3.63, 3.8) is 0 Å². The average molecular weight is 538 g/mol. The molecule has 4 rings (SSSR count). The number of carbonyl (C=O) groups is 1. The van der Waals surface area contributed by atoms with E-state index in [1.807, 2.05) is 42.2 Å². The number of carbonyl (C=O) groups excluding carboxylic acids is 1. The van der Waals surface area contributed by atoms with Crippen molar-refractivity contribution in [2.24, 2.45) is 0 Å². The molecule has 0 radical (unpaired) electrons. The number of esters is 1. The highest BCUT2D eigenvalue weighted by Crippen LogP contribution is 2.35. The molecule has 10 heteroatoms. The van der Waals surface area contributed by atoms with Crippen molar-refractivity contribution >= 4 is 5.97 Å². The maximum absolute atomic E-state index is 15.4. The lowest BCUT2D eigenvalue weighted by molar-refractivity contribution is -0.158. The fourth-order valence-electron chi connectivity index (χ4n) is 4.00. The van der Waals surface area contributed by atoms with Crippen LogP contribution in [0.3, 0.4) is 0 Å². The highest BCUT2D eigenvalue weighted by Gasteiger charge is 2.34. The third kappa shape index (κ3) is 6.83. The number of methoxy groups -OCH3 is 1. The average Bonchev–Trinajstić information content (AvgIpc) is 3.55. The van der Waals surface area contributed by atoms with Crippen LogP contribution in [0.5, 0.6) is 11.5 Å². The van der Waals surface area contributed by atoms with Crippen LogP contribution in [0.15, 0.2) is 63.8 Å². The summed E-state index contributed by atoms with van der Waals surface area (Å²) in [6.45, 7) is 7.81. The van der Waals surface area contributed by atoms with Gasteiger partial charge in [-0.05, 0) is 57.5 Å². The molecule has 0 atom stereocenters. The second-order valence-corrected chi connectivity index (χ2v) is 9.40. The molecule has 206 valence electrons. The maximum atomic E-state index is 15.4. The highest BCUT2D eigenvalue weighted by molar-refractivity contribution is 5.79. The lowest BCUT2D eigenvalue weighted by Gasteiger charge is -2.26. The molecule has 39 heavy (non-hydrogen) atoms. The first kappa shape index (κ1) is 27.8. The van der Waals surface area contributed by atoms with Gasteiger partial charge in [0, 0.05) is 18.7 Å². The summed E-state index contributed by atoms with van der Waals surface area (Å²) in [5, 5.41) is 0. The molecule has 0 saturated carbocycles. The van der Waals surface area contributed by atoms with Gasteiger partial charge in [0.1, 0.15) is 12.0 Å². The van der Waals surface area contributed by atoms with Crippen molar-refractivity contribution in [1.29, 1.82) is 0 Å². The van der Waals surface area contributed by atoms with E-state index in [-0.39, 0.29) is 18.1 Å². The maximum Gasteiger partial charge on any atom is 0.349 e. The Balaban J connectivity index is 1.59. The van der Waals surface area contributed by atoms with Crippen LogP contribution in [0, 0.1) is 12.7 Å². The van der Waals surface area contributed by atoms with Gasteiger partial charge in [-0.3, -0.25) is 4.90 Å². The van der Waals surface area contributed by atoms with Crippen LogP contribution in [0.1, 0.15) is 43.7 Å². The Hall–Kier alpha value is -4.18. The van der Waals surface area contributed by atoms with Crippen molar-refractivity contribution in [3.8, 4) is 23.0 Å². The molecule has 0 amide bonds. The molecular formula is C29H32FN3O6. The third-order valence-electron chi connectivity index (χ3n) is 5.95. The predicted molar refractivity (Wildman–Crippen MR) is 140 cm³/mol. The number of hydrogen-bond donors (Lipinski definition) is 0. The number of nitrogens with zero attached hydrogens (tertiary/aromatic N) is 3. The highest BCUT2D eigenvalue weighted by atomic mass is 19.1. The van der Waals surface area contributed by atoms with E-state index in [4.69, 9.17) is 28.0 Å². The summed E-state index contributed by atoms with van der Waals surface area (Å²) in [5.41, 5.74) is 0.814. The first-order valence-corrected chi connectivity index (χ1v) is 12.5. The van der Waals surface area contributed by atoms with Gasteiger partial charge in [-0.2, -0.15) is 0 Å². The summed E-state index contributed by atoms with van der Waals surface area (Å²) in [6.07, 6.45) is 3.07. The number of halogens is 1. The number of oxazole rings is 2. The molecule has 0 aliphatic carbocycles. The molecule has 0 bridgehead atoms. The number of aryl methyl sites for hydroxylation is 1. The van der Waals surface area contributed by atoms with Crippen LogP contribution in [-0.4, -0.2) is 40.2 Å². The van der Waals surface area contributed by atoms with E-state index in [2.05, 4.69) is 4.98 Å². The fourth-order valence-corrected chi connectivity index (χ4v) is 4.00. The molecule has 2 heterocycles. The van der Waals surface area contributed by atoms with Crippen molar-refractivity contribution in [2.45, 2.75) is 52.9 Å². The van der Waals surface area contributed by atoms with E-state index in [1.165, 1.54) is 33.3 Å². The van der Waals surface area contributed by atoms with E-state index in [0.29, 0.717) is 42.7 Å². The molecule has 2 aromatic heterocycles. The van der Waals surface area contributed by atoms with Crippen molar-refractivity contribution in [3.05, 3.63) is 83.7 Å². The number of rotatable bonds is 12. The lowest BCUT2D eigenvalue weighted by Crippen LogP contribution is -2.40. The normalized spacial score (nSPS) is 11.6. The van der Waals surface area contributed by atoms with Crippen LogP contribution in [-0.2, 0) is 29.2 Å². The van der Waals surface area contributed by atoms with E-state index >= 15 is 4.39 Å². The van der Waals surface area contributed by atoms with E-state index in [1.54, 1.807) is 19.2 Å². The molecule has 0 fully saturated rings. The summed E-state index contributed by atoms with van der Waals surface area (Å²) in [7, 11) is 1.41. The molecule has 4 aromatic rings. The Morgan fingerprint density at radius 2 is 1.90 bits per heavy atom. The smallest absolute Gasteiger partial charge is 0.349 e. The SMILES string of the molecule is CCOC(=O)C(C)(C)Oc1c(F)cc(CN(Cc2ncco2)Cc2nc(-c3ccccc3)oc2C)cc1OC. The van der Waals surface area contributed by atoms with E-state index < -0.39 is 17.4 Å². The van der Waals surface area contributed by atoms with Gasteiger partial charge in [0.2, 0.25) is 17.4 Å². The second kappa shape index (κ2) is 12.1. The fraction of sp³-hybridized carbons (Fsp3) is 0.345. The summed E-state index contributed by atoms with van der Waals surface area (Å²) in [4.78, 5) is 23.2. The molecule has 9 nitrogen and oxygen atoms in total. The number of benzene rings is 2. The standard InChI is InChI=1S/C29H32FN3O6/c1-6-36-28(34)29(3,4)39-26-22(30)14-20(15-24(26)35-5)16-33(18-25-31-12-13-37-25)17-23-19(2)38-27(32-23)21-10-8-7-9-11-21/h7-15H,6,16-18H2,1-5H3. The van der Waals surface area contributed by atoms with Crippen LogP contribution < -0.4 is 9.47 Å². The second-order valence-electron chi connectivity index (χ2n) is 9.40. The first-order valence-electron chi connectivity index (χ1n) is 12.5. The summed E-state index contributed by atoms with van der Waals surface area (Å²) in [5.74, 6) is 0.425. The quantitative estimate of drug-likeness (QED) is 0.210. The summed E-state index contributed by atoms with van der Waals surface area (Å²) >= 11 is 0. The van der Waals surface area contributed by atoms with Gasteiger partial charge in [-0.25, -0.2) is 19.2 Å². The van der Waals surface area contributed by atoms with Crippen LogP contribution in [0.2, 0.25) is 0 Å². The largest absolute Gasteiger partial charge is 0.493 e. The minimum Gasteiger partial charge on any atom is -0.493 e. The zero-order chi connectivity index (χ0) is 28.0. The van der Waals surface area contributed by atoms with Gasteiger partial charge in [-0.15, -0.1) is 0 Å². The molecule has 2 aromatic carbocycles. The Bertz CT molecular complexity index is 1390. The summed E-state index contributed by atoms with van der Waals surface area (Å²) < 4.78 is 43.0. The van der Waals surface area contributed by atoms with Crippen molar-refractivity contribution in [2.75, 3.05) is 13.7 Å². The van der Waals surface area contributed by atoms with Gasteiger partial charge in [-0.1, -0.05) is 18.2 Å². The molecule has 0 spiro atoms. The zero-order valence-corrected chi connectivity index (χ0v) is 22.7. The third-order valence-corrected chi connectivity index (χ3v) is 5.95. The van der Waals surface area contributed by atoms with Crippen molar-refractivity contribution in [1.82, 2.24) is 14.9 Å². The van der Waals surface area contributed by atoms with E-state index in [0.717, 1.165) is 11.3 Å². The molecule has 0 saturated heterocycles. The molecular weight excluding hydrogens is 505 g/mol. The minimum absolute atomic E-state index is 0.155. The number of hydrogen-bond acceptors (Lipinski definition) is 9. The van der Waals surface area contributed by atoms with E-state index in [9.17, 15) is 4.79 Å². The topological polar surface area (TPSA) is 100 Å². The van der Waals surface area contributed by atoms with Crippen LogP contribution in [0.25, 0.3) is 11.5 Å². The Kier molecular flexibility index (Phi) is 8.65. The first-order chi connectivity index (χ1) is 18.7. The van der Waals surface area contributed by atoms with Gasteiger partial charge in [0.15, 0.2) is 17.3 Å². The summed E-state index contributed by atoms with van der Waals surface area (Å²) in [6, 6.07) is 12.7. The predicted octanol–water partition coefficient (Wildman–Crippen LogP) is 5.71. The van der Waals surface area contributed by atoms with Gasteiger partial charge in [0.25, 0.3) is 0 Å².